The first-order valence-electron chi connectivity index (χ1n) is 8.71. The Hall–Kier alpha value is -1.95. The van der Waals surface area contributed by atoms with Gasteiger partial charge in [-0.15, -0.1) is 10.2 Å². The second kappa shape index (κ2) is 6.59. The maximum atomic E-state index is 12.6. The van der Waals surface area contributed by atoms with Crippen molar-refractivity contribution in [2.75, 3.05) is 39.3 Å². The molecule has 27 heavy (non-hydrogen) atoms. The van der Waals surface area contributed by atoms with Crippen molar-refractivity contribution in [1.82, 2.24) is 30.2 Å². The minimum absolute atomic E-state index is 0.0427. The van der Waals surface area contributed by atoms with E-state index in [1.807, 2.05) is 4.90 Å². The summed E-state index contributed by atoms with van der Waals surface area (Å²) in [6.07, 6.45) is -3.18. The summed E-state index contributed by atoms with van der Waals surface area (Å²) < 4.78 is 37.8. The van der Waals surface area contributed by atoms with Crippen molar-refractivity contribution in [3.63, 3.8) is 0 Å². The molecule has 0 saturated carbocycles. The summed E-state index contributed by atoms with van der Waals surface area (Å²) in [4.78, 5) is 29.4. The van der Waals surface area contributed by atoms with Gasteiger partial charge in [-0.25, -0.2) is 4.79 Å². The molecule has 3 fully saturated rings. The third-order valence-electron chi connectivity index (χ3n) is 5.20. The molecule has 8 nitrogen and oxygen atoms in total. The molecule has 4 rings (SSSR count). The van der Waals surface area contributed by atoms with Gasteiger partial charge in [0.15, 0.2) is 0 Å². The summed E-state index contributed by atoms with van der Waals surface area (Å²) in [5.41, 5.74) is -0.234. The standard InChI is InChI=1S/C15H19F3N6O2S/c16-15(17,18)12-21-20-11(27-12)7-22-3-5-23(6-4-22)13(26)24-8-14(9-24)2-1-10(25)19-14/h1-9H2,(H,19,25). The molecule has 3 aliphatic heterocycles. The molecule has 0 radical (unpaired) electrons. The van der Waals surface area contributed by atoms with Crippen LogP contribution in [0.1, 0.15) is 22.9 Å². The highest BCUT2D eigenvalue weighted by Crippen LogP contribution is 2.32. The number of likely N-dealkylation sites (tertiary alicyclic amines) is 1. The SMILES string of the molecule is O=C1CCC2(CN(C(=O)N3CCN(Cc4nnc(C(F)(F)F)s4)CC3)C2)N1. The molecule has 12 heteroatoms. The van der Waals surface area contributed by atoms with E-state index in [9.17, 15) is 22.8 Å². The lowest BCUT2D eigenvalue weighted by Crippen LogP contribution is -2.70. The van der Waals surface area contributed by atoms with E-state index < -0.39 is 11.2 Å². The number of aromatic nitrogens is 2. The van der Waals surface area contributed by atoms with Crippen LogP contribution in [-0.2, 0) is 17.5 Å². The number of nitrogens with zero attached hydrogens (tertiary/aromatic N) is 5. The Morgan fingerprint density at radius 1 is 1.15 bits per heavy atom. The zero-order valence-corrected chi connectivity index (χ0v) is 15.3. The maximum Gasteiger partial charge on any atom is 0.445 e. The number of halogens is 3. The molecule has 1 aromatic heterocycles. The highest BCUT2D eigenvalue weighted by Gasteiger charge is 2.50. The fourth-order valence-corrected chi connectivity index (χ4v) is 4.50. The number of rotatable bonds is 2. The Bertz CT molecular complexity index is 740. The van der Waals surface area contributed by atoms with E-state index in [0.717, 1.165) is 6.42 Å². The molecule has 0 bridgehead atoms. The van der Waals surface area contributed by atoms with Crippen LogP contribution in [-0.4, -0.2) is 81.6 Å². The fraction of sp³-hybridized carbons (Fsp3) is 0.733. The lowest BCUT2D eigenvalue weighted by molar-refractivity contribution is -0.138. The van der Waals surface area contributed by atoms with E-state index >= 15 is 0 Å². The van der Waals surface area contributed by atoms with Gasteiger partial charge in [0.05, 0.1) is 12.1 Å². The van der Waals surface area contributed by atoms with Crippen LogP contribution in [0, 0.1) is 0 Å². The van der Waals surface area contributed by atoms with Crippen molar-refractivity contribution in [3.05, 3.63) is 10.0 Å². The smallest absolute Gasteiger partial charge is 0.347 e. The monoisotopic (exact) mass is 404 g/mol. The zero-order chi connectivity index (χ0) is 19.2. The van der Waals surface area contributed by atoms with Gasteiger partial charge in [-0.3, -0.25) is 9.69 Å². The third kappa shape index (κ3) is 3.72. The molecule has 0 unspecified atom stereocenters. The topological polar surface area (TPSA) is 81.7 Å². The van der Waals surface area contributed by atoms with Crippen molar-refractivity contribution in [3.8, 4) is 0 Å². The van der Waals surface area contributed by atoms with E-state index in [4.69, 9.17) is 0 Å². The van der Waals surface area contributed by atoms with Crippen LogP contribution < -0.4 is 5.32 Å². The van der Waals surface area contributed by atoms with Gasteiger partial charge in [0, 0.05) is 45.7 Å². The molecule has 3 saturated heterocycles. The molecule has 1 aromatic rings. The average molecular weight is 404 g/mol. The Morgan fingerprint density at radius 3 is 2.41 bits per heavy atom. The number of nitrogens with one attached hydrogen (secondary N) is 1. The maximum absolute atomic E-state index is 12.6. The molecule has 1 spiro atoms. The predicted molar refractivity (Wildman–Crippen MR) is 88.8 cm³/mol. The quantitative estimate of drug-likeness (QED) is 0.787. The van der Waals surface area contributed by atoms with E-state index in [1.54, 1.807) is 9.80 Å². The number of carbonyl (C=O) groups excluding carboxylic acids is 2. The van der Waals surface area contributed by atoms with E-state index in [1.165, 1.54) is 0 Å². The number of carbonyl (C=O) groups is 2. The van der Waals surface area contributed by atoms with Crippen LogP contribution in [0.5, 0.6) is 0 Å². The van der Waals surface area contributed by atoms with Gasteiger partial charge in [0.1, 0.15) is 5.01 Å². The molecule has 3 aliphatic rings. The summed E-state index contributed by atoms with van der Waals surface area (Å²) in [5, 5.41) is 9.15. The number of amides is 3. The number of piperazine rings is 1. The Kier molecular flexibility index (Phi) is 4.49. The molecule has 3 amide bonds. The molecule has 0 aromatic carbocycles. The van der Waals surface area contributed by atoms with E-state index in [-0.39, 0.29) is 17.5 Å². The average Bonchev–Trinajstić information content (AvgIpc) is 3.20. The number of urea groups is 1. The largest absolute Gasteiger partial charge is 0.445 e. The Balaban J connectivity index is 1.24. The van der Waals surface area contributed by atoms with Gasteiger partial charge in [-0.2, -0.15) is 13.2 Å². The van der Waals surface area contributed by atoms with Crippen LogP contribution in [0.4, 0.5) is 18.0 Å². The van der Waals surface area contributed by atoms with E-state index in [0.29, 0.717) is 68.6 Å². The first-order chi connectivity index (χ1) is 12.7. The van der Waals surface area contributed by atoms with Gasteiger partial charge in [-0.1, -0.05) is 11.3 Å². The normalized spacial score (nSPS) is 22.9. The molecular formula is C15H19F3N6O2S. The van der Waals surface area contributed by atoms with Gasteiger partial charge >= 0.3 is 12.2 Å². The molecular weight excluding hydrogens is 385 g/mol. The van der Waals surface area contributed by atoms with Crippen LogP contribution >= 0.6 is 11.3 Å². The predicted octanol–water partition coefficient (Wildman–Crippen LogP) is 0.759. The molecule has 4 heterocycles. The lowest BCUT2D eigenvalue weighted by atomic mass is 9.88. The number of alkyl halides is 3. The summed E-state index contributed by atoms with van der Waals surface area (Å²) in [6.45, 7) is 3.56. The molecule has 148 valence electrons. The zero-order valence-electron chi connectivity index (χ0n) is 14.5. The first kappa shape index (κ1) is 18.4. The van der Waals surface area contributed by atoms with Crippen molar-refractivity contribution < 1.29 is 22.8 Å². The fourth-order valence-electron chi connectivity index (χ4n) is 3.75. The first-order valence-corrected chi connectivity index (χ1v) is 9.53. The summed E-state index contributed by atoms with van der Waals surface area (Å²) >= 11 is 0.557. The van der Waals surface area contributed by atoms with E-state index in [2.05, 4.69) is 15.5 Å². The number of hydrogen-bond donors (Lipinski definition) is 1. The summed E-state index contributed by atoms with van der Waals surface area (Å²) in [5.74, 6) is 0.0427. The summed E-state index contributed by atoms with van der Waals surface area (Å²) in [7, 11) is 0. The summed E-state index contributed by atoms with van der Waals surface area (Å²) in [6, 6.07) is -0.0447. The highest BCUT2D eigenvalue weighted by molar-refractivity contribution is 7.11. The molecule has 1 N–H and O–H groups in total. The second-order valence-corrected chi connectivity index (χ2v) is 8.29. The van der Waals surface area contributed by atoms with Crippen LogP contribution in [0.3, 0.4) is 0 Å². The molecule has 0 atom stereocenters. The van der Waals surface area contributed by atoms with Crippen molar-refractivity contribution in [2.45, 2.75) is 31.1 Å². The van der Waals surface area contributed by atoms with Gasteiger partial charge in [-0.05, 0) is 6.42 Å². The lowest BCUT2D eigenvalue weighted by Gasteiger charge is -2.49. The minimum Gasteiger partial charge on any atom is -0.347 e. The Morgan fingerprint density at radius 2 is 1.85 bits per heavy atom. The van der Waals surface area contributed by atoms with Crippen LogP contribution in [0.2, 0.25) is 0 Å². The third-order valence-corrected chi connectivity index (χ3v) is 6.16. The Labute approximate surface area is 157 Å². The minimum atomic E-state index is -4.46. The van der Waals surface area contributed by atoms with Crippen molar-refractivity contribution >= 4 is 23.3 Å². The van der Waals surface area contributed by atoms with Crippen molar-refractivity contribution in [1.29, 1.82) is 0 Å². The molecule has 0 aliphatic carbocycles. The second-order valence-electron chi connectivity index (χ2n) is 7.23. The van der Waals surface area contributed by atoms with Crippen LogP contribution in [0.15, 0.2) is 0 Å². The van der Waals surface area contributed by atoms with Gasteiger partial charge in [0.25, 0.3) is 0 Å². The number of hydrogen-bond acceptors (Lipinski definition) is 6. The van der Waals surface area contributed by atoms with Crippen LogP contribution in [0.25, 0.3) is 0 Å². The van der Waals surface area contributed by atoms with Crippen molar-refractivity contribution in [2.24, 2.45) is 0 Å². The van der Waals surface area contributed by atoms with Gasteiger partial charge in [0.2, 0.25) is 10.9 Å². The highest BCUT2D eigenvalue weighted by atomic mass is 32.1. The van der Waals surface area contributed by atoms with Gasteiger partial charge < -0.3 is 15.1 Å².